The predicted octanol–water partition coefficient (Wildman–Crippen LogP) is 3.30. The van der Waals surface area contributed by atoms with Crippen LogP contribution in [0.3, 0.4) is 0 Å². The first kappa shape index (κ1) is 22.0. The van der Waals surface area contributed by atoms with Gasteiger partial charge in [-0.2, -0.15) is 0 Å². The number of nitrogens with one attached hydrogen (secondary N) is 1. The van der Waals surface area contributed by atoms with Gasteiger partial charge in [0.1, 0.15) is 11.4 Å². The Balaban J connectivity index is 1.80. The van der Waals surface area contributed by atoms with E-state index in [0.29, 0.717) is 17.8 Å². The minimum absolute atomic E-state index is 0.0609. The van der Waals surface area contributed by atoms with Crippen molar-refractivity contribution in [1.29, 1.82) is 0 Å². The number of aromatic nitrogens is 1. The monoisotopic (exact) mass is 428 g/mol. The Labute approximate surface area is 177 Å². The number of allylic oxidation sites excluding steroid dienone is 1. The van der Waals surface area contributed by atoms with E-state index in [0.717, 1.165) is 19.3 Å². The van der Waals surface area contributed by atoms with Crippen LogP contribution < -0.4 is 10.9 Å². The fraction of sp³-hybridized carbons (Fsp3) is 0.391. The molecule has 1 aromatic carbocycles. The fourth-order valence-corrected chi connectivity index (χ4v) is 5.42. The van der Waals surface area contributed by atoms with E-state index < -0.39 is 15.4 Å². The number of nitrogens with zero attached hydrogens (tertiary/aromatic N) is 1. The van der Waals surface area contributed by atoms with Crippen LogP contribution >= 0.6 is 0 Å². The van der Waals surface area contributed by atoms with E-state index in [1.54, 1.807) is 38.1 Å². The number of hydrogen-bond donors (Lipinski definition) is 1. The van der Waals surface area contributed by atoms with E-state index in [2.05, 4.69) is 11.4 Å². The van der Waals surface area contributed by atoms with Gasteiger partial charge in [0.15, 0.2) is 0 Å². The molecule has 1 N–H and O–H groups in total. The highest BCUT2D eigenvalue weighted by atomic mass is 32.2. The molecule has 1 heterocycles. The minimum atomic E-state index is -3.98. The summed E-state index contributed by atoms with van der Waals surface area (Å²) in [7, 11) is -3.98. The van der Waals surface area contributed by atoms with Gasteiger partial charge in [0.25, 0.3) is 5.56 Å². The highest BCUT2D eigenvalue weighted by Crippen LogP contribution is 2.22. The summed E-state index contributed by atoms with van der Waals surface area (Å²) in [4.78, 5) is 25.3. The van der Waals surface area contributed by atoms with E-state index in [-0.39, 0.29) is 22.2 Å². The quantitative estimate of drug-likeness (QED) is 0.686. The Bertz CT molecular complexity index is 1120. The van der Waals surface area contributed by atoms with Crippen LogP contribution in [0.15, 0.2) is 62.6 Å². The standard InChI is InChI=1S/C23H28N2O4S/c1-17-15-18(2)25(16-21(26)24-14-13-19-9-5-3-6-10-19)23(27)22(17)30(28,29)20-11-7-4-8-12-20/h4,7-9,11-12,15H,3,5-6,10,13-14,16H2,1-2H3,(H,24,26). The number of aryl methyl sites for hydroxylation is 2. The number of sulfone groups is 1. The van der Waals surface area contributed by atoms with Gasteiger partial charge in [-0.3, -0.25) is 9.59 Å². The third-order valence-electron chi connectivity index (χ3n) is 5.43. The number of hydrogen-bond acceptors (Lipinski definition) is 4. The molecular formula is C23H28N2O4S. The molecule has 1 aromatic heterocycles. The number of carbonyl (C=O) groups is 1. The van der Waals surface area contributed by atoms with E-state index in [4.69, 9.17) is 0 Å². The summed E-state index contributed by atoms with van der Waals surface area (Å²) in [6, 6.07) is 9.51. The zero-order valence-corrected chi connectivity index (χ0v) is 18.3. The van der Waals surface area contributed by atoms with E-state index in [9.17, 15) is 18.0 Å². The third kappa shape index (κ3) is 4.90. The lowest BCUT2D eigenvalue weighted by Crippen LogP contribution is -2.36. The van der Waals surface area contributed by atoms with Crippen molar-refractivity contribution in [2.45, 2.75) is 62.3 Å². The molecular weight excluding hydrogens is 400 g/mol. The fourth-order valence-electron chi connectivity index (χ4n) is 3.84. The smallest absolute Gasteiger partial charge is 0.270 e. The van der Waals surface area contributed by atoms with Crippen LogP contribution in [-0.2, 0) is 21.2 Å². The lowest BCUT2D eigenvalue weighted by Gasteiger charge is -2.16. The van der Waals surface area contributed by atoms with Gasteiger partial charge in [0.05, 0.1) is 4.90 Å². The molecule has 0 atom stereocenters. The molecule has 0 aliphatic heterocycles. The molecule has 0 unspecified atom stereocenters. The number of pyridine rings is 1. The van der Waals surface area contributed by atoms with Crippen molar-refractivity contribution in [2.24, 2.45) is 0 Å². The Morgan fingerprint density at radius 3 is 2.53 bits per heavy atom. The largest absolute Gasteiger partial charge is 0.354 e. The van der Waals surface area contributed by atoms with Crippen molar-refractivity contribution in [2.75, 3.05) is 6.54 Å². The van der Waals surface area contributed by atoms with Gasteiger partial charge < -0.3 is 9.88 Å². The van der Waals surface area contributed by atoms with Gasteiger partial charge >= 0.3 is 0 Å². The van der Waals surface area contributed by atoms with Crippen LogP contribution in [0.1, 0.15) is 43.4 Å². The average Bonchev–Trinajstić information content (AvgIpc) is 2.72. The Kier molecular flexibility index (Phi) is 6.92. The molecule has 6 nitrogen and oxygen atoms in total. The first-order chi connectivity index (χ1) is 14.3. The van der Waals surface area contributed by atoms with Crippen molar-refractivity contribution in [3.8, 4) is 0 Å². The van der Waals surface area contributed by atoms with Crippen molar-refractivity contribution >= 4 is 15.7 Å². The summed E-state index contributed by atoms with van der Waals surface area (Å²) < 4.78 is 27.3. The molecule has 2 aromatic rings. The summed E-state index contributed by atoms with van der Waals surface area (Å²) in [5.74, 6) is -0.302. The zero-order valence-electron chi connectivity index (χ0n) is 17.5. The van der Waals surface area contributed by atoms with Crippen LogP contribution in [-0.4, -0.2) is 25.4 Å². The van der Waals surface area contributed by atoms with Crippen LogP contribution in [0.25, 0.3) is 0 Å². The summed E-state index contributed by atoms with van der Waals surface area (Å²) in [5, 5.41) is 2.85. The second-order valence-electron chi connectivity index (χ2n) is 7.71. The van der Waals surface area contributed by atoms with Gasteiger partial charge in [0.2, 0.25) is 15.7 Å². The molecule has 0 radical (unpaired) electrons. The van der Waals surface area contributed by atoms with Gasteiger partial charge in [-0.05, 0) is 69.7 Å². The number of rotatable bonds is 7. The van der Waals surface area contributed by atoms with E-state index in [1.807, 2.05) is 0 Å². The molecule has 0 saturated heterocycles. The molecule has 30 heavy (non-hydrogen) atoms. The van der Waals surface area contributed by atoms with Gasteiger partial charge in [-0.15, -0.1) is 0 Å². The SMILES string of the molecule is Cc1cc(C)n(CC(=O)NCCC2=CCCCC2)c(=O)c1S(=O)(=O)c1ccccc1. The second kappa shape index (κ2) is 9.43. The first-order valence-corrected chi connectivity index (χ1v) is 11.7. The van der Waals surface area contributed by atoms with E-state index >= 15 is 0 Å². The Morgan fingerprint density at radius 1 is 1.13 bits per heavy atom. The molecule has 1 aliphatic carbocycles. The summed E-state index contributed by atoms with van der Waals surface area (Å²) >= 11 is 0. The normalized spacial score (nSPS) is 14.3. The highest BCUT2D eigenvalue weighted by Gasteiger charge is 2.26. The first-order valence-electron chi connectivity index (χ1n) is 10.3. The second-order valence-corrected chi connectivity index (χ2v) is 9.60. The highest BCUT2D eigenvalue weighted by molar-refractivity contribution is 7.91. The maximum atomic E-state index is 13.1. The maximum absolute atomic E-state index is 13.1. The molecule has 0 fully saturated rings. The molecule has 0 spiro atoms. The zero-order chi connectivity index (χ0) is 21.7. The summed E-state index contributed by atoms with van der Waals surface area (Å²) in [6.07, 6.45) is 7.63. The molecule has 1 amide bonds. The molecule has 1 aliphatic rings. The molecule has 0 bridgehead atoms. The maximum Gasteiger partial charge on any atom is 0.270 e. The topological polar surface area (TPSA) is 85.2 Å². The predicted molar refractivity (Wildman–Crippen MR) is 116 cm³/mol. The molecule has 160 valence electrons. The van der Waals surface area contributed by atoms with Crippen molar-refractivity contribution in [3.63, 3.8) is 0 Å². The summed E-state index contributed by atoms with van der Waals surface area (Å²) in [5.41, 5.74) is 1.62. The number of carbonyl (C=O) groups excluding carboxylic acids is 1. The van der Waals surface area contributed by atoms with Crippen LogP contribution in [0.4, 0.5) is 0 Å². The third-order valence-corrected chi connectivity index (χ3v) is 7.35. The lowest BCUT2D eigenvalue weighted by molar-refractivity contribution is -0.121. The van der Waals surface area contributed by atoms with E-state index in [1.165, 1.54) is 35.1 Å². The van der Waals surface area contributed by atoms with Gasteiger partial charge in [-0.25, -0.2) is 8.42 Å². The Morgan fingerprint density at radius 2 is 1.87 bits per heavy atom. The molecule has 3 rings (SSSR count). The van der Waals surface area contributed by atoms with Crippen LogP contribution in [0, 0.1) is 13.8 Å². The van der Waals surface area contributed by atoms with Crippen LogP contribution in [0.2, 0.25) is 0 Å². The van der Waals surface area contributed by atoms with Crippen LogP contribution in [0.5, 0.6) is 0 Å². The Hall–Kier alpha value is -2.67. The molecule has 7 heteroatoms. The lowest BCUT2D eigenvalue weighted by atomic mass is 9.97. The van der Waals surface area contributed by atoms with Gasteiger partial charge in [-0.1, -0.05) is 29.8 Å². The van der Waals surface area contributed by atoms with Crippen molar-refractivity contribution < 1.29 is 13.2 Å². The van der Waals surface area contributed by atoms with Crippen molar-refractivity contribution in [3.05, 3.63) is 69.7 Å². The minimum Gasteiger partial charge on any atom is -0.354 e. The van der Waals surface area contributed by atoms with Crippen molar-refractivity contribution in [1.82, 2.24) is 9.88 Å². The summed E-state index contributed by atoms with van der Waals surface area (Å²) in [6.45, 7) is 3.61. The molecule has 0 saturated carbocycles. The number of benzene rings is 1. The average molecular weight is 429 g/mol. The van der Waals surface area contributed by atoms with Gasteiger partial charge in [0, 0.05) is 12.2 Å². The number of amides is 1.